The van der Waals surface area contributed by atoms with Crippen LogP contribution in [0.25, 0.3) is 6.08 Å². The van der Waals surface area contributed by atoms with E-state index in [0.29, 0.717) is 0 Å². The van der Waals surface area contributed by atoms with Gasteiger partial charge < -0.3 is 9.84 Å². The van der Waals surface area contributed by atoms with Crippen molar-refractivity contribution < 1.29 is 19.4 Å². The van der Waals surface area contributed by atoms with Crippen molar-refractivity contribution in [2.24, 2.45) is 5.92 Å². The maximum absolute atomic E-state index is 11.2. The molecule has 0 spiro atoms. The predicted octanol–water partition coefficient (Wildman–Crippen LogP) is 2.35. The topological polar surface area (TPSA) is 63.6 Å². The lowest BCUT2D eigenvalue weighted by atomic mass is 10.00. The second-order valence-electron chi connectivity index (χ2n) is 3.91. The van der Waals surface area contributed by atoms with E-state index >= 15 is 0 Å². The third-order valence-corrected chi connectivity index (χ3v) is 2.45. The molecule has 1 aromatic carbocycles. The van der Waals surface area contributed by atoms with Gasteiger partial charge in [0.25, 0.3) is 0 Å². The van der Waals surface area contributed by atoms with E-state index in [2.05, 4.69) is 4.74 Å². The number of benzene rings is 1. The Hall–Kier alpha value is -2.10. The van der Waals surface area contributed by atoms with Crippen molar-refractivity contribution in [3.63, 3.8) is 0 Å². The van der Waals surface area contributed by atoms with Crippen molar-refractivity contribution >= 4 is 18.0 Å². The molecule has 0 fully saturated rings. The van der Waals surface area contributed by atoms with Crippen molar-refractivity contribution in [2.75, 3.05) is 7.11 Å². The van der Waals surface area contributed by atoms with Crippen LogP contribution in [-0.4, -0.2) is 24.2 Å². The maximum Gasteiger partial charge on any atom is 0.306 e. The molecular formula is C14H16O4. The maximum atomic E-state index is 11.2. The van der Waals surface area contributed by atoms with Gasteiger partial charge in [-0.25, -0.2) is 0 Å². The number of carbonyl (C=O) groups is 2. The molecule has 4 heteroatoms. The summed E-state index contributed by atoms with van der Waals surface area (Å²) in [6, 6.07) is 9.51. The van der Waals surface area contributed by atoms with Crippen LogP contribution in [0.1, 0.15) is 18.4 Å². The molecule has 0 saturated carbocycles. The molecule has 0 aromatic heterocycles. The molecule has 0 radical (unpaired) electrons. The zero-order chi connectivity index (χ0) is 13.4. The number of carboxylic acid groups (broad SMARTS) is 1. The van der Waals surface area contributed by atoms with Crippen LogP contribution in [-0.2, 0) is 14.3 Å². The smallest absolute Gasteiger partial charge is 0.306 e. The van der Waals surface area contributed by atoms with Crippen LogP contribution in [0.4, 0.5) is 0 Å². The zero-order valence-corrected chi connectivity index (χ0v) is 10.2. The Kier molecular flexibility index (Phi) is 5.64. The summed E-state index contributed by atoms with van der Waals surface area (Å²) in [5, 5.41) is 8.78. The van der Waals surface area contributed by atoms with Gasteiger partial charge in [-0.2, -0.15) is 0 Å². The Morgan fingerprint density at radius 2 is 1.94 bits per heavy atom. The van der Waals surface area contributed by atoms with Crippen molar-refractivity contribution in [2.45, 2.75) is 12.8 Å². The Labute approximate surface area is 106 Å². The molecule has 0 aliphatic heterocycles. The fraction of sp³-hybridized carbons (Fsp3) is 0.286. The molecule has 0 saturated heterocycles. The fourth-order valence-electron chi connectivity index (χ4n) is 1.54. The molecule has 1 N–H and O–H groups in total. The first-order chi connectivity index (χ1) is 8.61. The second kappa shape index (κ2) is 7.27. The molecule has 0 bridgehead atoms. The fourth-order valence-corrected chi connectivity index (χ4v) is 1.54. The minimum absolute atomic E-state index is 0.0755. The summed E-state index contributed by atoms with van der Waals surface area (Å²) < 4.78 is 4.55. The van der Waals surface area contributed by atoms with E-state index in [-0.39, 0.29) is 18.8 Å². The van der Waals surface area contributed by atoms with Crippen LogP contribution in [0.2, 0.25) is 0 Å². The first kappa shape index (κ1) is 14.0. The molecule has 4 nitrogen and oxygen atoms in total. The van der Waals surface area contributed by atoms with Gasteiger partial charge >= 0.3 is 11.9 Å². The molecule has 0 aliphatic carbocycles. The number of rotatable bonds is 6. The molecule has 1 rings (SSSR count). The second-order valence-corrected chi connectivity index (χ2v) is 3.91. The Morgan fingerprint density at radius 3 is 2.50 bits per heavy atom. The van der Waals surface area contributed by atoms with E-state index in [1.165, 1.54) is 7.11 Å². The lowest BCUT2D eigenvalue weighted by Crippen LogP contribution is -2.12. The number of carbonyl (C=O) groups excluding carboxylic acids is 1. The van der Waals surface area contributed by atoms with Crippen molar-refractivity contribution in [3.05, 3.63) is 42.0 Å². The highest BCUT2D eigenvalue weighted by Gasteiger charge is 2.14. The molecule has 96 valence electrons. The van der Waals surface area contributed by atoms with Gasteiger partial charge in [0.2, 0.25) is 0 Å². The Balaban J connectivity index is 2.68. The number of esters is 1. The molecule has 0 amide bonds. The number of methoxy groups -OCH3 is 1. The SMILES string of the molecule is COC(=O)CC(/C=C/c1ccccc1)CC(=O)O. The van der Waals surface area contributed by atoms with E-state index in [1.807, 2.05) is 36.4 Å². The summed E-state index contributed by atoms with van der Waals surface area (Å²) in [5.41, 5.74) is 0.970. The predicted molar refractivity (Wildman–Crippen MR) is 67.9 cm³/mol. The summed E-state index contributed by atoms with van der Waals surface area (Å²) in [7, 11) is 1.29. The number of carboxylic acids is 1. The van der Waals surface area contributed by atoms with E-state index in [1.54, 1.807) is 6.08 Å². The van der Waals surface area contributed by atoms with E-state index in [0.717, 1.165) is 5.56 Å². The normalized spacial score (nSPS) is 12.3. The van der Waals surface area contributed by atoms with Crippen LogP contribution in [0.5, 0.6) is 0 Å². The van der Waals surface area contributed by atoms with Crippen LogP contribution in [0, 0.1) is 5.92 Å². The molecule has 1 atom stereocenters. The third-order valence-electron chi connectivity index (χ3n) is 2.45. The summed E-state index contributed by atoms with van der Waals surface area (Å²) in [4.78, 5) is 21.9. The van der Waals surface area contributed by atoms with Gasteiger partial charge in [0, 0.05) is 0 Å². The quantitative estimate of drug-likeness (QED) is 0.785. The summed E-state index contributed by atoms with van der Waals surface area (Å²) in [6.45, 7) is 0. The minimum Gasteiger partial charge on any atom is -0.481 e. The molecule has 1 aromatic rings. The summed E-state index contributed by atoms with van der Waals surface area (Å²) >= 11 is 0. The van der Waals surface area contributed by atoms with E-state index < -0.39 is 11.9 Å². The van der Waals surface area contributed by atoms with Crippen LogP contribution in [0.15, 0.2) is 36.4 Å². The van der Waals surface area contributed by atoms with Gasteiger partial charge in [-0.3, -0.25) is 9.59 Å². The van der Waals surface area contributed by atoms with Gasteiger partial charge in [0.1, 0.15) is 0 Å². The average Bonchev–Trinajstić information content (AvgIpc) is 2.36. The highest BCUT2D eigenvalue weighted by Crippen LogP contribution is 2.14. The van der Waals surface area contributed by atoms with E-state index in [9.17, 15) is 9.59 Å². The number of allylic oxidation sites excluding steroid dienone is 1. The average molecular weight is 248 g/mol. The van der Waals surface area contributed by atoms with Crippen LogP contribution >= 0.6 is 0 Å². The standard InChI is InChI=1S/C14H16O4/c1-18-14(17)10-12(9-13(15)16)8-7-11-5-3-2-4-6-11/h2-8,12H,9-10H2,1H3,(H,15,16)/b8-7+. The lowest BCUT2D eigenvalue weighted by Gasteiger charge is -2.08. The minimum atomic E-state index is -0.929. The lowest BCUT2D eigenvalue weighted by molar-refractivity contribution is -0.142. The summed E-state index contributed by atoms with van der Waals surface area (Å²) in [6.07, 6.45) is 3.54. The first-order valence-electron chi connectivity index (χ1n) is 5.63. The molecular weight excluding hydrogens is 232 g/mol. The third kappa shape index (κ3) is 5.30. The van der Waals surface area contributed by atoms with E-state index in [4.69, 9.17) is 5.11 Å². The molecule has 18 heavy (non-hydrogen) atoms. The monoisotopic (exact) mass is 248 g/mol. The molecule has 0 aliphatic rings. The van der Waals surface area contributed by atoms with Gasteiger partial charge in [-0.15, -0.1) is 0 Å². The van der Waals surface area contributed by atoms with Crippen LogP contribution in [0.3, 0.4) is 0 Å². The van der Waals surface area contributed by atoms with Crippen molar-refractivity contribution in [1.82, 2.24) is 0 Å². The van der Waals surface area contributed by atoms with Gasteiger partial charge in [-0.05, 0) is 11.5 Å². The van der Waals surface area contributed by atoms with Crippen LogP contribution < -0.4 is 0 Å². The number of hydrogen-bond acceptors (Lipinski definition) is 3. The number of aliphatic carboxylic acids is 1. The molecule has 1 unspecified atom stereocenters. The largest absolute Gasteiger partial charge is 0.481 e. The highest BCUT2D eigenvalue weighted by atomic mass is 16.5. The number of ether oxygens (including phenoxy) is 1. The zero-order valence-electron chi connectivity index (χ0n) is 10.2. The van der Waals surface area contributed by atoms with Crippen molar-refractivity contribution in [1.29, 1.82) is 0 Å². The summed E-state index contributed by atoms with van der Waals surface area (Å²) in [5.74, 6) is -1.68. The first-order valence-corrected chi connectivity index (χ1v) is 5.63. The van der Waals surface area contributed by atoms with Gasteiger partial charge in [0.05, 0.1) is 20.0 Å². The van der Waals surface area contributed by atoms with Crippen molar-refractivity contribution in [3.8, 4) is 0 Å². The van der Waals surface area contributed by atoms with Gasteiger partial charge in [-0.1, -0.05) is 42.5 Å². The Bertz CT molecular complexity index is 423. The number of hydrogen-bond donors (Lipinski definition) is 1. The highest BCUT2D eigenvalue weighted by molar-refractivity contribution is 5.73. The van der Waals surface area contributed by atoms with Gasteiger partial charge in [0.15, 0.2) is 0 Å². The Morgan fingerprint density at radius 1 is 1.28 bits per heavy atom. The molecule has 0 heterocycles.